The third-order valence-electron chi connectivity index (χ3n) is 4.27. The lowest BCUT2D eigenvalue weighted by Gasteiger charge is -2.22. The van der Waals surface area contributed by atoms with Crippen LogP contribution >= 0.6 is 22.7 Å². The molecule has 8 heteroatoms. The van der Waals surface area contributed by atoms with Crippen LogP contribution in [0.4, 0.5) is 0 Å². The van der Waals surface area contributed by atoms with Gasteiger partial charge in [0.25, 0.3) is 5.56 Å². The maximum atomic E-state index is 13.2. The number of furan rings is 1. The third-order valence-corrected chi connectivity index (χ3v) is 6.18. The van der Waals surface area contributed by atoms with Crippen molar-refractivity contribution in [2.75, 3.05) is 7.11 Å². The van der Waals surface area contributed by atoms with E-state index in [-0.39, 0.29) is 5.56 Å². The monoisotopic (exact) mass is 400 g/mol. The molecule has 3 aromatic heterocycles. The summed E-state index contributed by atoms with van der Waals surface area (Å²) < 4.78 is 12.6. The van der Waals surface area contributed by atoms with Gasteiger partial charge < -0.3 is 9.15 Å². The molecule has 0 aliphatic carbocycles. The molecule has 0 radical (unpaired) electrons. The van der Waals surface area contributed by atoms with Crippen LogP contribution in [-0.4, -0.2) is 17.6 Å². The zero-order valence-corrected chi connectivity index (χ0v) is 16.5. The predicted octanol–water partition coefficient (Wildman–Crippen LogP) is 2.37. The van der Waals surface area contributed by atoms with E-state index in [0.717, 1.165) is 10.6 Å². The molecule has 0 saturated heterocycles. The van der Waals surface area contributed by atoms with Gasteiger partial charge in [0.15, 0.2) is 4.80 Å². The van der Waals surface area contributed by atoms with Crippen LogP contribution < -0.4 is 14.9 Å². The number of thiazole rings is 1. The number of hydrogen-bond donors (Lipinski definition) is 0. The Morgan fingerprint density at radius 2 is 2.15 bits per heavy atom. The molecular weight excluding hydrogens is 384 g/mol. The number of allylic oxidation sites excluding steroid dienone is 1. The first-order chi connectivity index (χ1) is 13.0. The van der Waals surface area contributed by atoms with Gasteiger partial charge in [0.05, 0.1) is 22.9 Å². The predicted molar refractivity (Wildman–Crippen MR) is 104 cm³/mol. The summed E-state index contributed by atoms with van der Waals surface area (Å²) in [6, 6.07) is 6.91. The minimum absolute atomic E-state index is 0.208. The van der Waals surface area contributed by atoms with Crippen LogP contribution in [0, 0.1) is 6.92 Å². The molecule has 0 saturated carbocycles. The smallest absolute Gasteiger partial charge is 0.338 e. The van der Waals surface area contributed by atoms with E-state index in [1.165, 1.54) is 29.8 Å². The summed E-state index contributed by atoms with van der Waals surface area (Å²) in [5.74, 6) is 0.897. The lowest BCUT2D eigenvalue weighted by atomic mass is 10.0. The highest BCUT2D eigenvalue weighted by Crippen LogP contribution is 2.32. The summed E-state index contributed by atoms with van der Waals surface area (Å²) in [6.07, 6.45) is 1.71. The average Bonchev–Trinajstić information content (AvgIpc) is 3.36. The Kier molecular flexibility index (Phi) is 4.45. The van der Waals surface area contributed by atoms with Crippen LogP contribution in [0.2, 0.25) is 0 Å². The van der Waals surface area contributed by atoms with Crippen LogP contribution in [0.3, 0.4) is 0 Å². The number of hydrogen-bond acceptors (Lipinski definition) is 7. The number of ether oxygens (including phenoxy) is 1. The fourth-order valence-electron chi connectivity index (χ4n) is 3.07. The van der Waals surface area contributed by atoms with Crippen molar-refractivity contribution in [3.05, 3.63) is 77.0 Å². The van der Waals surface area contributed by atoms with E-state index in [1.54, 1.807) is 17.6 Å². The van der Waals surface area contributed by atoms with Crippen molar-refractivity contribution in [1.29, 1.82) is 0 Å². The van der Waals surface area contributed by atoms with Crippen molar-refractivity contribution in [2.45, 2.75) is 19.9 Å². The van der Waals surface area contributed by atoms with Gasteiger partial charge in [0.2, 0.25) is 0 Å². The zero-order chi connectivity index (χ0) is 19.1. The molecule has 0 bridgehead atoms. The Labute approximate surface area is 162 Å². The van der Waals surface area contributed by atoms with Crippen LogP contribution in [0.5, 0.6) is 0 Å². The Bertz CT molecular complexity index is 1230. The highest BCUT2D eigenvalue weighted by molar-refractivity contribution is 7.10. The lowest BCUT2D eigenvalue weighted by Crippen LogP contribution is -2.39. The highest BCUT2D eigenvalue weighted by atomic mass is 32.1. The number of nitrogens with zero attached hydrogens (tertiary/aromatic N) is 2. The zero-order valence-electron chi connectivity index (χ0n) is 14.9. The number of thiophene rings is 1. The van der Waals surface area contributed by atoms with E-state index in [2.05, 4.69) is 4.99 Å². The Balaban J connectivity index is 1.98. The van der Waals surface area contributed by atoms with E-state index in [1.807, 2.05) is 36.6 Å². The van der Waals surface area contributed by atoms with Gasteiger partial charge in [-0.3, -0.25) is 9.36 Å². The number of carbonyl (C=O) groups is 1. The number of esters is 1. The lowest BCUT2D eigenvalue weighted by molar-refractivity contribution is -0.136. The average molecular weight is 400 g/mol. The van der Waals surface area contributed by atoms with Crippen molar-refractivity contribution < 1.29 is 13.9 Å². The van der Waals surface area contributed by atoms with E-state index < -0.39 is 12.0 Å². The van der Waals surface area contributed by atoms with Gasteiger partial charge in [-0.2, -0.15) is 0 Å². The molecule has 0 spiro atoms. The first-order valence-corrected chi connectivity index (χ1v) is 9.90. The van der Waals surface area contributed by atoms with Crippen molar-refractivity contribution in [1.82, 2.24) is 4.57 Å². The summed E-state index contributed by atoms with van der Waals surface area (Å²) in [7, 11) is 1.33. The first-order valence-electron chi connectivity index (χ1n) is 8.20. The molecule has 3 aromatic rings. The fraction of sp³-hybridized carbons (Fsp3) is 0.211. The largest absolute Gasteiger partial charge is 0.466 e. The quantitative estimate of drug-likeness (QED) is 0.633. The van der Waals surface area contributed by atoms with Gasteiger partial charge >= 0.3 is 5.97 Å². The van der Waals surface area contributed by atoms with Crippen LogP contribution in [0.1, 0.15) is 29.4 Å². The maximum absolute atomic E-state index is 13.2. The van der Waals surface area contributed by atoms with E-state index in [4.69, 9.17) is 9.15 Å². The van der Waals surface area contributed by atoms with E-state index in [0.29, 0.717) is 26.4 Å². The van der Waals surface area contributed by atoms with Gasteiger partial charge in [-0.05, 0) is 37.4 Å². The van der Waals surface area contributed by atoms with Crippen molar-refractivity contribution in [3.8, 4) is 0 Å². The van der Waals surface area contributed by atoms with Crippen molar-refractivity contribution in [3.63, 3.8) is 0 Å². The molecule has 4 rings (SSSR count). The maximum Gasteiger partial charge on any atom is 0.338 e. The molecule has 27 heavy (non-hydrogen) atoms. The number of methoxy groups -OCH3 is 1. The minimum Gasteiger partial charge on any atom is -0.466 e. The molecule has 4 heterocycles. The molecule has 1 aliphatic rings. The molecular formula is C19H16N2O4S2. The minimum atomic E-state index is -0.547. The second-order valence-corrected chi connectivity index (χ2v) is 8.03. The van der Waals surface area contributed by atoms with Crippen LogP contribution in [-0.2, 0) is 9.53 Å². The number of fused-ring (bicyclic) bond motifs is 1. The highest BCUT2D eigenvalue weighted by Gasteiger charge is 2.33. The summed E-state index contributed by atoms with van der Waals surface area (Å²) in [5.41, 5.74) is 0.731. The summed E-state index contributed by atoms with van der Waals surface area (Å²) in [6.45, 7) is 3.61. The Hall–Kier alpha value is -2.71. The Morgan fingerprint density at radius 3 is 2.78 bits per heavy atom. The first kappa shape index (κ1) is 17.7. The number of rotatable bonds is 3. The summed E-state index contributed by atoms with van der Waals surface area (Å²) in [5, 5.41) is 1.92. The number of carbonyl (C=O) groups excluding carboxylic acids is 1. The SMILES string of the molecule is COC(=O)C1=C(C)N=c2s/c(=C\c3ccc(C)o3)c(=O)n2[C@@H]1c1cccs1. The van der Waals surface area contributed by atoms with E-state index >= 15 is 0 Å². The molecule has 0 unspecified atom stereocenters. The Morgan fingerprint density at radius 1 is 1.33 bits per heavy atom. The molecule has 0 aromatic carbocycles. The standard InChI is InChI=1S/C19H16N2O4S2/c1-10-6-7-12(25-10)9-14-17(22)21-16(13-5-4-8-26-13)15(18(23)24-3)11(2)20-19(21)27-14/h4-9,16H,1-3H3/b14-9-/t16-/m1/s1. The van der Waals surface area contributed by atoms with E-state index in [9.17, 15) is 9.59 Å². The molecule has 0 fully saturated rings. The molecule has 1 aliphatic heterocycles. The number of aryl methyl sites for hydroxylation is 1. The third kappa shape index (κ3) is 3.00. The fourth-order valence-corrected chi connectivity index (χ4v) is 4.92. The molecule has 0 amide bonds. The van der Waals surface area contributed by atoms with Crippen molar-refractivity contribution >= 4 is 34.7 Å². The van der Waals surface area contributed by atoms with Gasteiger partial charge in [-0.1, -0.05) is 17.4 Å². The summed E-state index contributed by atoms with van der Waals surface area (Å²) >= 11 is 2.76. The van der Waals surface area contributed by atoms with Crippen LogP contribution in [0.25, 0.3) is 6.08 Å². The molecule has 0 N–H and O–H groups in total. The molecule has 138 valence electrons. The topological polar surface area (TPSA) is 73.8 Å². The molecule has 1 atom stereocenters. The van der Waals surface area contributed by atoms with Gasteiger partial charge in [-0.15, -0.1) is 11.3 Å². The van der Waals surface area contributed by atoms with Crippen LogP contribution in [0.15, 0.2) is 55.1 Å². The summed E-state index contributed by atoms with van der Waals surface area (Å²) in [4.78, 5) is 31.5. The van der Waals surface area contributed by atoms with Gasteiger partial charge in [0.1, 0.15) is 17.6 Å². The van der Waals surface area contributed by atoms with Gasteiger partial charge in [-0.25, -0.2) is 9.79 Å². The second kappa shape index (κ2) is 6.79. The molecule has 6 nitrogen and oxygen atoms in total. The van der Waals surface area contributed by atoms with Gasteiger partial charge in [0, 0.05) is 11.0 Å². The van der Waals surface area contributed by atoms with Crippen molar-refractivity contribution in [2.24, 2.45) is 4.99 Å². The second-order valence-electron chi connectivity index (χ2n) is 6.04. The number of aromatic nitrogens is 1. The normalized spacial score (nSPS) is 17.0.